The molecule has 182 valence electrons. The largest absolute Gasteiger partial charge is 0.378 e. The third-order valence-electron chi connectivity index (χ3n) is 7.01. The second kappa shape index (κ2) is 9.30. The molecule has 0 bridgehead atoms. The number of hydrogen-bond donors (Lipinski definition) is 2. The first-order chi connectivity index (χ1) is 16.4. The Morgan fingerprint density at radius 1 is 1.12 bits per heavy atom. The Kier molecular flexibility index (Phi) is 6.22. The Bertz CT molecular complexity index is 1040. The van der Waals surface area contributed by atoms with E-state index in [-0.39, 0.29) is 23.8 Å². The quantitative estimate of drug-likeness (QED) is 0.631. The Morgan fingerprint density at radius 2 is 1.85 bits per heavy atom. The van der Waals surface area contributed by atoms with Crippen molar-refractivity contribution in [3.8, 4) is 11.3 Å². The molecule has 2 aromatic heterocycles. The highest BCUT2D eigenvalue weighted by molar-refractivity contribution is 5.82. The topological polar surface area (TPSA) is 140 Å². The molecule has 11 heteroatoms. The van der Waals surface area contributed by atoms with E-state index in [1.54, 1.807) is 12.4 Å². The number of fused-ring (bicyclic) bond motifs is 1. The van der Waals surface area contributed by atoms with E-state index in [1.807, 2.05) is 18.7 Å². The molecule has 2 saturated heterocycles. The number of rotatable bonds is 5. The summed E-state index contributed by atoms with van der Waals surface area (Å²) in [4.78, 5) is 37.6. The van der Waals surface area contributed by atoms with E-state index in [2.05, 4.69) is 19.8 Å². The lowest BCUT2D eigenvalue weighted by Crippen LogP contribution is -2.47. The fraction of sp³-hybridized carbons (Fsp3) is 0.609. The lowest BCUT2D eigenvalue weighted by atomic mass is 10.0. The third-order valence-corrected chi connectivity index (χ3v) is 7.01. The summed E-state index contributed by atoms with van der Waals surface area (Å²) in [5.41, 5.74) is 14.6. The maximum atomic E-state index is 12.8. The minimum Gasteiger partial charge on any atom is -0.378 e. The molecule has 1 amide bonds. The zero-order chi connectivity index (χ0) is 23.8. The second-order valence-electron chi connectivity index (χ2n) is 9.54. The van der Waals surface area contributed by atoms with E-state index in [0.29, 0.717) is 25.7 Å². The van der Waals surface area contributed by atoms with Crippen molar-refractivity contribution in [2.24, 2.45) is 11.7 Å². The number of hydrogen-bond acceptors (Lipinski definition) is 10. The number of anilines is 3. The molecule has 3 aliphatic rings. The van der Waals surface area contributed by atoms with Crippen LogP contribution in [0.25, 0.3) is 11.3 Å². The van der Waals surface area contributed by atoms with Crippen molar-refractivity contribution >= 4 is 23.6 Å². The first-order valence-corrected chi connectivity index (χ1v) is 12.0. The van der Waals surface area contributed by atoms with Gasteiger partial charge in [0.25, 0.3) is 0 Å². The molecule has 3 aliphatic heterocycles. The summed E-state index contributed by atoms with van der Waals surface area (Å²) in [7, 11) is 0. The van der Waals surface area contributed by atoms with Crippen molar-refractivity contribution in [3.63, 3.8) is 0 Å². The minimum absolute atomic E-state index is 0.0355. The van der Waals surface area contributed by atoms with Crippen molar-refractivity contribution in [3.05, 3.63) is 18.0 Å². The summed E-state index contributed by atoms with van der Waals surface area (Å²) in [6.07, 6.45) is 5.17. The van der Waals surface area contributed by atoms with Gasteiger partial charge in [-0.25, -0.2) is 15.0 Å². The van der Waals surface area contributed by atoms with Gasteiger partial charge in [0.2, 0.25) is 17.8 Å². The van der Waals surface area contributed by atoms with Crippen LogP contribution >= 0.6 is 0 Å². The van der Waals surface area contributed by atoms with Crippen molar-refractivity contribution in [1.29, 1.82) is 0 Å². The SMILES string of the molecule is CC(C)[C@@H](N)C(=O)N1CC[C@@H](N2CCc3c(-c4cnc(N)nc4)nc(N4CCOCC4)nc32)C1. The molecule has 2 atom stereocenters. The van der Waals surface area contributed by atoms with Crippen molar-refractivity contribution in [2.45, 2.75) is 38.8 Å². The standard InChI is InChI=1S/C23H33N9O2/c1-14(2)18(24)21(33)31-5-3-16(13-31)32-6-4-17-19(15-11-26-22(25)27-12-15)28-23(29-20(17)32)30-7-9-34-10-8-30/h11-12,14,16,18H,3-10,13,24H2,1-2H3,(H2,25,26,27)/t16-,18-/m1/s1. The van der Waals surface area contributed by atoms with Gasteiger partial charge in [0.1, 0.15) is 5.82 Å². The van der Waals surface area contributed by atoms with Crippen molar-refractivity contribution in [1.82, 2.24) is 24.8 Å². The normalized spacial score (nSPS) is 21.3. The molecule has 34 heavy (non-hydrogen) atoms. The molecular weight excluding hydrogens is 434 g/mol. The van der Waals surface area contributed by atoms with Gasteiger partial charge in [-0.05, 0) is 18.8 Å². The van der Waals surface area contributed by atoms with Crippen LogP contribution in [0.2, 0.25) is 0 Å². The molecule has 0 aromatic carbocycles. The van der Waals surface area contributed by atoms with Crippen LogP contribution in [0.5, 0.6) is 0 Å². The van der Waals surface area contributed by atoms with E-state index in [0.717, 1.165) is 61.7 Å². The van der Waals surface area contributed by atoms with E-state index in [4.69, 9.17) is 26.2 Å². The Morgan fingerprint density at radius 3 is 2.56 bits per heavy atom. The number of carbonyl (C=O) groups is 1. The average molecular weight is 468 g/mol. The lowest BCUT2D eigenvalue weighted by Gasteiger charge is -2.30. The lowest BCUT2D eigenvalue weighted by molar-refractivity contribution is -0.132. The molecule has 11 nitrogen and oxygen atoms in total. The van der Waals surface area contributed by atoms with Gasteiger partial charge in [0.05, 0.1) is 24.9 Å². The molecule has 0 radical (unpaired) electrons. The van der Waals surface area contributed by atoms with Crippen LogP contribution in [-0.2, 0) is 16.0 Å². The van der Waals surface area contributed by atoms with Crippen LogP contribution in [0.15, 0.2) is 12.4 Å². The Balaban J connectivity index is 1.46. The van der Waals surface area contributed by atoms with Gasteiger partial charge in [0.15, 0.2) is 0 Å². The van der Waals surface area contributed by atoms with E-state index in [1.165, 1.54) is 0 Å². The van der Waals surface area contributed by atoms with E-state index >= 15 is 0 Å². The first-order valence-electron chi connectivity index (χ1n) is 12.0. The van der Waals surface area contributed by atoms with Crippen molar-refractivity contribution in [2.75, 3.05) is 61.5 Å². The maximum absolute atomic E-state index is 12.8. The van der Waals surface area contributed by atoms with Crippen LogP contribution in [-0.4, -0.2) is 88.8 Å². The van der Waals surface area contributed by atoms with E-state index in [9.17, 15) is 4.79 Å². The highest BCUT2D eigenvalue weighted by Gasteiger charge is 2.38. The van der Waals surface area contributed by atoms with Crippen LogP contribution in [0.3, 0.4) is 0 Å². The molecular formula is C23H33N9O2. The predicted octanol–water partition coefficient (Wildman–Crippen LogP) is 0.299. The number of nitrogens with two attached hydrogens (primary N) is 2. The Labute approximate surface area is 199 Å². The summed E-state index contributed by atoms with van der Waals surface area (Å²) in [5.74, 6) is 2.02. The number of carbonyl (C=O) groups excluding carboxylic acids is 1. The van der Waals surface area contributed by atoms with Gasteiger partial charge >= 0.3 is 0 Å². The maximum Gasteiger partial charge on any atom is 0.239 e. The molecule has 2 aromatic rings. The molecule has 5 heterocycles. The summed E-state index contributed by atoms with van der Waals surface area (Å²) in [5, 5.41) is 0. The number of nitrogens with zero attached hydrogens (tertiary/aromatic N) is 7. The number of aromatic nitrogens is 4. The second-order valence-corrected chi connectivity index (χ2v) is 9.54. The van der Waals surface area contributed by atoms with Gasteiger partial charge in [0, 0.05) is 62.3 Å². The molecule has 0 spiro atoms. The highest BCUT2D eigenvalue weighted by Crippen LogP contribution is 2.37. The summed E-state index contributed by atoms with van der Waals surface area (Å²) in [6, 6.07) is -0.260. The summed E-state index contributed by atoms with van der Waals surface area (Å²) in [6.45, 7) is 8.98. The molecule has 2 fully saturated rings. The number of nitrogen functional groups attached to an aromatic ring is 1. The minimum atomic E-state index is -0.461. The van der Waals surface area contributed by atoms with Crippen LogP contribution in [0.4, 0.5) is 17.7 Å². The molecule has 0 aliphatic carbocycles. The van der Waals surface area contributed by atoms with Crippen molar-refractivity contribution < 1.29 is 9.53 Å². The monoisotopic (exact) mass is 467 g/mol. The predicted molar refractivity (Wildman–Crippen MR) is 129 cm³/mol. The average Bonchev–Trinajstić information content (AvgIpc) is 3.51. The fourth-order valence-electron chi connectivity index (χ4n) is 4.92. The van der Waals surface area contributed by atoms with Crippen LogP contribution in [0.1, 0.15) is 25.8 Å². The van der Waals surface area contributed by atoms with Gasteiger partial charge in [-0.15, -0.1) is 0 Å². The molecule has 5 rings (SSSR count). The van der Waals surface area contributed by atoms with E-state index < -0.39 is 6.04 Å². The molecule has 0 saturated carbocycles. The number of likely N-dealkylation sites (tertiary alicyclic amines) is 1. The fourth-order valence-corrected chi connectivity index (χ4v) is 4.92. The first kappa shape index (κ1) is 22.7. The number of amides is 1. The van der Waals surface area contributed by atoms with Gasteiger partial charge in [-0.2, -0.15) is 4.98 Å². The number of morpholine rings is 1. The van der Waals surface area contributed by atoms with Gasteiger partial charge < -0.3 is 30.9 Å². The number of ether oxygens (including phenoxy) is 1. The van der Waals surface area contributed by atoms with Crippen LogP contribution in [0, 0.1) is 5.92 Å². The van der Waals surface area contributed by atoms with Gasteiger partial charge in [-0.1, -0.05) is 13.8 Å². The summed E-state index contributed by atoms with van der Waals surface area (Å²) < 4.78 is 5.53. The molecule has 0 unspecified atom stereocenters. The Hall–Kier alpha value is -3.05. The third kappa shape index (κ3) is 4.25. The zero-order valence-electron chi connectivity index (χ0n) is 19.9. The highest BCUT2D eigenvalue weighted by atomic mass is 16.5. The summed E-state index contributed by atoms with van der Waals surface area (Å²) >= 11 is 0. The van der Waals surface area contributed by atoms with Crippen LogP contribution < -0.4 is 21.3 Å². The van der Waals surface area contributed by atoms with Gasteiger partial charge in [-0.3, -0.25) is 4.79 Å². The zero-order valence-corrected chi connectivity index (χ0v) is 19.9. The molecule has 4 N–H and O–H groups in total. The smallest absolute Gasteiger partial charge is 0.239 e.